The van der Waals surface area contributed by atoms with Crippen molar-refractivity contribution >= 4 is 22.9 Å². The number of benzene rings is 1. The van der Waals surface area contributed by atoms with Gasteiger partial charge in [0, 0.05) is 24.3 Å². The van der Waals surface area contributed by atoms with Crippen molar-refractivity contribution in [2.75, 3.05) is 11.4 Å². The number of carbonyl (C=O) groups is 1. The topological polar surface area (TPSA) is 96.9 Å². The van der Waals surface area contributed by atoms with Crippen LogP contribution in [0.15, 0.2) is 36.9 Å². The van der Waals surface area contributed by atoms with Crippen molar-refractivity contribution in [2.24, 2.45) is 5.92 Å². The minimum absolute atomic E-state index is 0.00221. The largest absolute Gasteiger partial charge is 0.441 e. The standard InChI is InChI=1S/C25H26F2N6O2/c1-23(2,3)20-11-30-21(12-29-20)33-14-24(35-22(33)34)6-7-25(26,27)17(9-24)13-32-15-31-18-5-4-16(10-28)8-19(18)32/h4-5,8,11-12,15,17H,6-7,9,13-14H2,1-3H3/t17?,24-/m1/s1. The van der Waals surface area contributed by atoms with Gasteiger partial charge in [0.15, 0.2) is 5.82 Å². The van der Waals surface area contributed by atoms with Gasteiger partial charge in [-0.3, -0.25) is 9.88 Å². The van der Waals surface area contributed by atoms with Gasteiger partial charge in [-0.1, -0.05) is 20.8 Å². The first-order valence-electron chi connectivity index (χ1n) is 11.6. The molecule has 1 saturated heterocycles. The fourth-order valence-corrected chi connectivity index (χ4v) is 4.89. The molecule has 1 saturated carbocycles. The summed E-state index contributed by atoms with van der Waals surface area (Å²) in [4.78, 5) is 27.2. The zero-order valence-electron chi connectivity index (χ0n) is 19.8. The first kappa shape index (κ1) is 23.1. The maximum Gasteiger partial charge on any atom is 0.416 e. The molecule has 0 N–H and O–H groups in total. The van der Waals surface area contributed by atoms with Crippen molar-refractivity contribution in [3.05, 3.63) is 48.2 Å². The molecule has 3 heterocycles. The van der Waals surface area contributed by atoms with Gasteiger partial charge in [-0.25, -0.2) is 23.5 Å². The van der Waals surface area contributed by atoms with E-state index in [0.29, 0.717) is 22.4 Å². The fraction of sp³-hybridized carbons (Fsp3) is 0.480. The lowest BCUT2D eigenvalue weighted by Gasteiger charge is -2.40. The molecule has 182 valence electrons. The molecule has 1 spiro atoms. The van der Waals surface area contributed by atoms with Gasteiger partial charge >= 0.3 is 6.09 Å². The summed E-state index contributed by atoms with van der Waals surface area (Å²) in [6.45, 7) is 6.19. The summed E-state index contributed by atoms with van der Waals surface area (Å²) in [6, 6.07) is 7.07. The van der Waals surface area contributed by atoms with Crippen molar-refractivity contribution in [2.45, 2.75) is 63.5 Å². The molecule has 8 nitrogen and oxygen atoms in total. The first-order chi connectivity index (χ1) is 16.5. The number of aromatic nitrogens is 4. The van der Waals surface area contributed by atoms with Crippen LogP contribution >= 0.6 is 0 Å². The van der Waals surface area contributed by atoms with Crippen LogP contribution in [0.3, 0.4) is 0 Å². The molecule has 3 aromatic rings. The number of alkyl halides is 2. The number of nitrogens with zero attached hydrogens (tertiary/aromatic N) is 6. The Morgan fingerprint density at radius 2 is 2.00 bits per heavy atom. The summed E-state index contributed by atoms with van der Waals surface area (Å²) in [6.07, 6.45) is 3.76. The molecule has 0 radical (unpaired) electrons. The third kappa shape index (κ3) is 4.20. The number of carbonyl (C=O) groups excluding carboxylic acids is 1. The number of amides is 1. The molecule has 2 aromatic heterocycles. The molecule has 1 aliphatic carbocycles. The molecule has 1 aliphatic heterocycles. The lowest BCUT2D eigenvalue weighted by molar-refractivity contribution is -0.139. The average molecular weight is 481 g/mol. The van der Waals surface area contributed by atoms with E-state index in [1.807, 2.05) is 20.8 Å². The smallest absolute Gasteiger partial charge is 0.416 e. The Bertz CT molecular complexity index is 1320. The van der Waals surface area contributed by atoms with Crippen molar-refractivity contribution in [1.82, 2.24) is 19.5 Å². The Kier molecular flexibility index (Phi) is 5.27. The summed E-state index contributed by atoms with van der Waals surface area (Å²) in [5.41, 5.74) is 1.26. The second kappa shape index (κ2) is 7.97. The SMILES string of the molecule is CC(C)(C)c1cnc(N2C[C@]3(CCC(F)(F)C(Cn4cnc5ccc(C#N)cc54)C3)OC2=O)cn1. The normalized spacial score (nSPS) is 24.1. The lowest BCUT2D eigenvalue weighted by atomic mass is 9.75. The highest BCUT2D eigenvalue weighted by atomic mass is 19.3. The highest BCUT2D eigenvalue weighted by molar-refractivity contribution is 5.89. The first-order valence-corrected chi connectivity index (χ1v) is 11.6. The Labute approximate surface area is 201 Å². The molecule has 10 heteroatoms. The predicted molar refractivity (Wildman–Crippen MR) is 124 cm³/mol. The molecule has 2 aliphatic rings. The summed E-state index contributed by atoms with van der Waals surface area (Å²) < 4.78 is 37.5. The predicted octanol–water partition coefficient (Wildman–Crippen LogP) is 4.83. The molecule has 35 heavy (non-hydrogen) atoms. The number of ether oxygens (including phenoxy) is 1. The van der Waals surface area contributed by atoms with Crippen LogP contribution in [0.25, 0.3) is 11.0 Å². The number of hydrogen-bond acceptors (Lipinski definition) is 6. The Morgan fingerprint density at radius 1 is 1.20 bits per heavy atom. The molecule has 1 unspecified atom stereocenters. The molecule has 2 fully saturated rings. The van der Waals surface area contributed by atoms with Crippen molar-refractivity contribution in [3.63, 3.8) is 0 Å². The van der Waals surface area contributed by atoms with E-state index in [-0.39, 0.29) is 37.8 Å². The van der Waals surface area contributed by atoms with Crippen LogP contribution in [0, 0.1) is 17.2 Å². The zero-order chi connectivity index (χ0) is 25.0. The number of nitriles is 1. The Hall–Kier alpha value is -3.61. The van der Waals surface area contributed by atoms with Crippen LogP contribution in [0.1, 0.15) is 51.3 Å². The van der Waals surface area contributed by atoms with Crippen molar-refractivity contribution in [1.29, 1.82) is 5.26 Å². The summed E-state index contributed by atoms with van der Waals surface area (Å²) in [5.74, 6) is -3.65. The Balaban J connectivity index is 1.38. The number of anilines is 1. The van der Waals surface area contributed by atoms with Crippen molar-refractivity contribution < 1.29 is 18.3 Å². The van der Waals surface area contributed by atoms with E-state index in [9.17, 15) is 10.1 Å². The highest BCUT2D eigenvalue weighted by Gasteiger charge is 2.56. The number of imidazole rings is 1. The van der Waals surface area contributed by atoms with Gasteiger partial charge in [0.1, 0.15) is 5.60 Å². The van der Waals surface area contributed by atoms with E-state index in [2.05, 4.69) is 21.0 Å². The highest BCUT2D eigenvalue weighted by Crippen LogP contribution is 2.48. The second-order valence-electron chi connectivity index (χ2n) is 10.5. The molecule has 1 aromatic carbocycles. The number of rotatable bonds is 3. The molecule has 0 bridgehead atoms. The van der Waals surface area contributed by atoms with E-state index >= 15 is 8.78 Å². The molecule has 5 rings (SSSR count). The lowest BCUT2D eigenvalue weighted by Crippen LogP contribution is -2.48. The van der Waals surface area contributed by atoms with Crippen LogP contribution in [0.2, 0.25) is 0 Å². The third-order valence-corrected chi connectivity index (χ3v) is 6.95. The molecular weight excluding hydrogens is 454 g/mol. The van der Waals surface area contributed by atoms with E-state index in [1.54, 1.807) is 29.0 Å². The van der Waals surface area contributed by atoms with Crippen LogP contribution in [-0.4, -0.2) is 43.7 Å². The van der Waals surface area contributed by atoms with Crippen LogP contribution in [0.5, 0.6) is 0 Å². The fourth-order valence-electron chi connectivity index (χ4n) is 4.89. The molecule has 2 atom stereocenters. The number of halogens is 2. The van der Waals surface area contributed by atoms with E-state index in [0.717, 1.165) is 5.69 Å². The minimum Gasteiger partial charge on any atom is -0.441 e. The monoisotopic (exact) mass is 480 g/mol. The third-order valence-electron chi connectivity index (χ3n) is 6.95. The van der Waals surface area contributed by atoms with Gasteiger partial charge in [-0.05, 0) is 31.0 Å². The summed E-state index contributed by atoms with van der Waals surface area (Å²) >= 11 is 0. The van der Waals surface area contributed by atoms with E-state index in [1.165, 1.54) is 17.4 Å². The molecular formula is C25H26F2N6O2. The molecule has 1 amide bonds. The number of fused-ring (bicyclic) bond motifs is 1. The van der Waals surface area contributed by atoms with Gasteiger partial charge in [0.05, 0.1) is 53.6 Å². The zero-order valence-corrected chi connectivity index (χ0v) is 19.8. The van der Waals surface area contributed by atoms with Gasteiger partial charge in [0.2, 0.25) is 0 Å². The second-order valence-corrected chi connectivity index (χ2v) is 10.5. The van der Waals surface area contributed by atoms with Gasteiger partial charge < -0.3 is 9.30 Å². The van der Waals surface area contributed by atoms with E-state index in [4.69, 9.17) is 4.74 Å². The number of hydrogen-bond donors (Lipinski definition) is 0. The van der Waals surface area contributed by atoms with Crippen molar-refractivity contribution in [3.8, 4) is 6.07 Å². The quantitative estimate of drug-likeness (QED) is 0.533. The van der Waals surface area contributed by atoms with E-state index < -0.39 is 23.5 Å². The summed E-state index contributed by atoms with van der Waals surface area (Å²) in [7, 11) is 0. The maximum absolute atomic E-state index is 15.1. The van der Waals surface area contributed by atoms with Crippen LogP contribution in [0.4, 0.5) is 19.4 Å². The summed E-state index contributed by atoms with van der Waals surface area (Å²) in [5, 5.41) is 9.21. The Morgan fingerprint density at radius 3 is 2.69 bits per heavy atom. The van der Waals surface area contributed by atoms with Gasteiger partial charge in [0.25, 0.3) is 5.92 Å². The van der Waals surface area contributed by atoms with Crippen LogP contribution < -0.4 is 4.90 Å². The van der Waals surface area contributed by atoms with Crippen LogP contribution in [-0.2, 0) is 16.7 Å². The minimum atomic E-state index is -2.93. The average Bonchev–Trinajstić information content (AvgIpc) is 3.36. The van der Waals surface area contributed by atoms with Gasteiger partial charge in [-0.15, -0.1) is 0 Å². The van der Waals surface area contributed by atoms with Gasteiger partial charge in [-0.2, -0.15) is 5.26 Å². The maximum atomic E-state index is 15.1.